The van der Waals surface area contributed by atoms with Crippen molar-refractivity contribution in [3.05, 3.63) is 38.9 Å². The highest BCUT2D eigenvalue weighted by Gasteiger charge is 2.20. The third-order valence-corrected chi connectivity index (χ3v) is 4.85. The molecule has 0 saturated heterocycles. The van der Waals surface area contributed by atoms with Gasteiger partial charge in [0.05, 0.1) is 11.1 Å². The Hall–Kier alpha value is -1.26. The molecule has 0 saturated carbocycles. The summed E-state index contributed by atoms with van der Waals surface area (Å²) in [5.74, 6) is -0.714. The van der Waals surface area contributed by atoms with E-state index in [0.29, 0.717) is 4.60 Å². The molecule has 6 nitrogen and oxygen atoms in total. The normalized spacial score (nSPS) is 11.4. The fourth-order valence-electron chi connectivity index (χ4n) is 1.43. The number of nitrogens with zero attached hydrogens (tertiary/aromatic N) is 2. The van der Waals surface area contributed by atoms with Gasteiger partial charge in [-0.1, -0.05) is 0 Å². The van der Waals surface area contributed by atoms with Gasteiger partial charge in [0, 0.05) is 11.3 Å². The summed E-state index contributed by atoms with van der Waals surface area (Å²) in [5.41, 5.74) is 5.83. The number of sulfonamides is 1. The van der Waals surface area contributed by atoms with Gasteiger partial charge in [0.15, 0.2) is 10.4 Å². The van der Waals surface area contributed by atoms with Gasteiger partial charge in [0.25, 0.3) is 10.0 Å². The van der Waals surface area contributed by atoms with E-state index in [4.69, 9.17) is 5.73 Å². The Morgan fingerprint density at radius 1 is 1.33 bits per heavy atom. The number of benzene rings is 1. The minimum atomic E-state index is -4.03. The zero-order valence-corrected chi connectivity index (χ0v) is 14.6. The van der Waals surface area contributed by atoms with E-state index >= 15 is 0 Å². The van der Waals surface area contributed by atoms with E-state index in [1.54, 1.807) is 0 Å². The lowest BCUT2D eigenvalue weighted by Crippen LogP contribution is -2.15. The predicted molar refractivity (Wildman–Crippen MR) is 83.8 cm³/mol. The molecule has 2 rings (SSSR count). The van der Waals surface area contributed by atoms with Crippen molar-refractivity contribution in [1.29, 1.82) is 0 Å². The highest BCUT2D eigenvalue weighted by molar-refractivity contribution is 9.11. The number of hydrogen-bond donors (Lipinski definition) is 2. The first-order valence-electron chi connectivity index (χ1n) is 5.47. The monoisotopic (exact) mass is 438 g/mol. The van der Waals surface area contributed by atoms with Crippen molar-refractivity contribution in [2.75, 3.05) is 10.5 Å². The molecule has 1 heterocycles. The molecule has 0 unspecified atom stereocenters. The van der Waals surface area contributed by atoms with Gasteiger partial charge in [-0.3, -0.25) is 4.72 Å². The lowest BCUT2D eigenvalue weighted by Gasteiger charge is -2.10. The van der Waals surface area contributed by atoms with E-state index in [2.05, 4.69) is 46.5 Å². The van der Waals surface area contributed by atoms with Crippen molar-refractivity contribution in [3.8, 4) is 0 Å². The third kappa shape index (κ3) is 3.50. The molecule has 21 heavy (non-hydrogen) atoms. The molecule has 10 heteroatoms. The van der Waals surface area contributed by atoms with E-state index in [-0.39, 0.29) is 26.6 Å². The second-order valence-electron chi connectivity index (χ2n) is 4.06. The minimum absolute atomic E-state index is 0.0160. The molecule has 0 aliphatic heterocycles. The van der Waals surface area contributed by atoms with Gasteiger partial charge < -0.3 is 5.73 Å². The first-order valence-corrected chi connectivity index (χ1v) is 8.54. The van der Waals surface area contributed by atoms with E-state index in [1.165, 1.54) is 19.2 Å². The second-order valence-corrected chi connectivity index (χ2v) is 7.30. The number of aromatic nitrogens is 2. The lowest BCUT2D eigenvalue weighted by molar-refractivity contribution is 0.593. The van der Waals surface area contributed by atoms with Crippen LogP contribution in [0.3, 0.4) is 0 Å². The van der Waals surface area contributed by atoms with Crippen molar-refractivity contribution in [2.24, 2.45) is 0 Å². The summed E-state index contributed by atoms with van der Waals surface area (Å²) in [6, 6.07) is 2.08. The lowest BCUT2D eigenvalue weighted by atomic mass is 10.2. The van der Waals surface area contributed by atoms with Crippen LogP contribution >= 0.6 is 31.9 Å². The fraction of sp³-hybridized carbons (Fsp3) is 0.0909. The largest absolute Gasteiger partial charge is 0.398 e. The van der Waals surface area contributed by atoms with Crippen LogP contribution in [0.4, 0.5) is 15.9 Å². The van der Waals surface area contributed by atoms with Crippen LogP contribution < -0.4 is 10.5 Å². The highest BCUT2D eigenvalue weighted by atomic mass is 79.9. The second kappa shape index (κ2) is 5.85. The summed E-state index contributed by atoms with van der Waals surface area (Å²) in [6.45, 7) is 1.46. The first kappa shape index (κ1) is 16.1. The number of anilines is 2. The summed E-state index contributed by atoms with van der Waals surface area (Å²) in [5, 5.41) is 0. The van der Waals surface area contributed by atoms with Crippen LogP contribution in [0, 0.1) is 12.7 Å². The highest BCUT2D eigenvalue weighted by Crippen LogP contribution is 2.25. The van der Waals surface area contributed by atoms with Gasteiger partial charge in [-0.2, -0.15) is 0 Å². The fourth-order valence-corrected chi connectivity index (χ4v) is 3.53. The van der Waals surface area contributed by atoms with Gasteiger partial charge >= 0.3 is 0 Å². The first-order chi connectivity index (χ1) is 9.70. The van der Waals surface area contributed by atoms with Crippen molar-refractivity contribution in [1.82, 2.24) is 9.97 Å². The van der Waals surface area contributed by atoms with Gasteiger partial charge in [0.1, 0.15) is 10.4 Å². The number of nitrogens with two attached hydrogens (primary N) is 1. The van der Waals surface area contributed by atoms with Crippen LogP contribution in [-0.4, -0.2) is 18.4 Å². The number of nitrogen functional groups attached to an aromatic ring is 1. The molecule has 0 radical (unpaired) electrons. The van der Waals surface area contributed by atoms with Crippen LogP contribution in [0.5, 0.6) is 0 Å². The van der Waals surface area contributed by atoms with E-state index in [9.17, 15) is 12.8 Å². The number of hydrogen-bond acceptors (Lipinski definition) is 5. The summed E-state index contributed by atoms with van der Waals surface area (Å²) < 4.78 is 40.9. The number of halogens is 3. The molecule has 0 atom stereocenters. The Labute approximate surface area is 137 Å². The third-order valence-electron chi connectivity index (χ3n) is 2.60. The summed E-state index contributed by atoms with van der Waals surface area (Å²) in [7, 11) is -4.03. The van der Waals surface area contributed by atoms with E-state index < -0.39 is 15.8 Å². The summed E-state index contributed by atoms with van der Waals surface area (Å²) in [4.78, 5) is 7.53. The Bertz CT molecular complexity index is 791. The average molecular weight is 440 g/mol. The van der Waals surface area contributed by atoms with Crippen LogP contribution in [-0.2, 0) is 10.0 Å². The Kier molecular flexibility index (Phi) is 4.49. The standard InChI is InChI=1S/C11H9Br2FN4O2S/c1-5-7(14)2-6(3-8(5)15)21(19,20)18-11-10(13)17-9(12)4-16-11/h2-4H,15H2,1H3,(H,16,18). The molecule has 0 spiro atoms. The smallest absolute Gasteiger partial charge is 0.263 e. The SMILES string of the molecule is Cc1c(N)cc(S(=O)(=O)Nc2ncc(Br)nc2Br)cc1F. The molecule has 0 aliphatic rings. The molecule has 0 amide bonds. The van der Waals surface area contributed by atoms with Crippen LogP contribution in [0.1, 0.15) is 5.56 Å². The van der Waals surface area contributed by atoms with Gasteiger partial charge in [-0.25, -0.2) is 22.8 Å². The van der Waals surface area contributed by atoms with Gasteiger partial charge in [0.2, 0.25) is 0 Å². The Balaban J connectivity index is 2.43. The van der Waals surface area contributed by atoms with Crippen LogP contribution in [0.15, 0.2) is 32.4 Å². The minimum Gasteiger partial charge on any atom is -0.398 e. The van der Waals surface area contributed by atoms with Crippen LogP contribution in [0.25, 0.3) is 0 Å². The van der Waals surface area contributed by atoms with Crippen molar-refractivity contribution < 1.29 is 12.8 Å². The van der Waals surface area contributed by atoms with Crippen molar-refractivity contribution in [2.45, 2.75) is 11.8 Å². The van der Waals surface area contributed by atoms with E-state index in [1.807, 2.05) is 0 Å². The molecule has 0 bridgehead atoms. The molecule has 0 fully saturated rings. The molecule has 112 valence electrons. The zero-order chi connectivity index (χ0) is 15.8. The van der Waals surface area contributed by atoms with Crippen molar-refractivity contribution in [3.63, 3.8) is 0 Å². The number of nitrogens with one attached hydrogen (secondary N) is 1. The maximum atomic E-state index is 13.6. The maximum absolute atomic E-state index is 13.6. The Morgan fingerprint density at radius 3 is 2.57 bits per heavy atom. The quantitative estimate of drug-likeness (QED) is 0.716. The maximum Gasteiger partial charge on any atom is 0.263 e. The molecule has 2 aromatic rings. The van der Waals surface area contributed by atoms with Gasteiger partial charge in [-0.05, 0) is 50.9 Å². The number of rotatable bonds is 3. The topological polar surface area (TPSA) is 98.0 Å². The van der Waals surface area contributed by atoms with E-state index in [0.717, 1.165) is 6.07 Å². The molecular weight excluding hydrogens is 431 g/mol. The molecule has 0 aliphatic carbocycles. The zero-order valence-electron chi connectivity index (χ0n) is 10.6. The average Bonchev–Trinajstić information content (AvgIpc) is 2.38. The molecule has 1 aromatic carbocycles. The van der Waals surface area contributed by atoms with Crippen LogP contribution in [0.2, 0.25) is 0 Å². The van der Waals surface area contributed by atoms with Crippen molar-refractivity contribution >= 4 is 53.4 Å². The Morgan fingerprint density at radius 2 is 2.00 bits per heavy atom. The summed E-state index contributed by atoms with van der Waals surface area (Å²) >= 11 is 6.18. The molecule has 3 N–H and O–H groups in total. The summed E-state index contributed by atoms with van der Waals surface area (Å²) in [6.07, 6.45) is 1.33. The predicted octanol–water partition coefficient (Wildman–Crippen LogP) is 2.83. The molecule has 1 aromatic heterocycles. The van der Waals surface area contributed by atoms with Gasteiger partial charge in [-0.15, -0.1) is 0 Å². The molecular formula is C11H9Br2FN4O2S.